The number of esters is 1. The van der Waals surface area contributed by atoms with Crippen molar-refractivity contribution in [3.05, 3.63) is 65.9 Å². The van der Waals surface area contributed by atoms with E-state index >= 15 is 0 Å². The average molecular weight is 733 g/mol. The molecule has 3 amide bonds. The summed E-state index contributed by atoms with van der Waals surface area (Å²) in [6.45, 7) is 10.8. The highest BCUT2D eigenvalue weighted by atomic mass is 35.6. The second kappa shape index (κ2) is 16.1. The molecule has 49 heavy (non-hydrogen) atoms. The Hall–Kier alpha value is -3.44. The third-order valence-electron chi connectivity index (χ3n) is 8.72. The molecule has 1 saturated heterocycles. The molecule has 2 aromatic carbocycles. The number of alkyl halides is 3. The minimum absolute atomic E-state index is 0.284. The summed E-state index contributed by atoms with van der Waals surface area (Å²) in [6.07, 6.45) is 3.73. The Kier molecular flexibility index (Phi) is 12.6. The van der Waals surface area contributed by atoms with E-state index in [1.54, 1.807) is 20.8 Å². The molecule has 0 radical (unpaired) electrons. The number of aromatic nitrogens is 1. The first kappa shape index (κ1) is 38.4. The highest BCUT2D eigenvalue weighted by Crippen LogP contribution is 2.30. The number of amides is 3. The molecule has 3 aromatic rings. The molecule has 0 saturated carbocycles. The molecular weight excluding hydrogens is 689 g/mol. The Bertz CT molecular complexity index is 1690. The first-order valence-corrected chi connectivity index (χ1v) is 17.6. The SMILES string of the molecule is CCc1ccc2cnc(-c3cccc(C(C)(C)C(=O)N[C@H](C(=O)N[C@@H](C)C(=O)N4CCC[C@@H](C(=O)OCC(Cl)(Cl)Cl)N4)C(C)C)c3)cc2c1. The van der Waals surface area contributed by atoms with E-state index in [4.69, 9.17) is 39.5 Å². The minimum atomic E-state index is -1.76. The highest BCUT2D eigenvalue weighted by molar-refractivity contribution is 6.67. The molecule has 1 aromatic heterocycles. The number of ether oxygens (including phenoxy) is 1. The van der Waals surface area contributed by atoms with E-state index in [9.17, 15) is 19.2 Å². The number of nitrogens with zero attached hydrogens (tertiary/aromatic N) is 2. The Labute approximate surface area is 302 Å². The van der Waals surface area contributed by atoms with Crippen molar-refractivity contribution in [1.29, 1.82) is 0 Å². The largest absolute Gasteiger partial charge is 0.460 e. The maximum Gasteiger partial charge on any atom is 0.325 e. The fraction of sp³-hybridized carbons (Fsp3) is 0.472. The van der Waals surface area contributed by atoms with Crippen LogP contribution in [0.4, 0.5) is 0 Å². The van der Waals surface area contributed by atoms with Gasteiger partial charge in [-0.1, -0.05) is 92.0 Å². The van der Waals surface area contributed by atoms with Crippen LogP contribution in [0.3, 0.4) is 0 Å². The smallest absolute Gasteiger partial charge is 0.325 e. The van der Waals surface area contributed by atoms with E-state index in [0.717, 1.165) is 34.0 Å². The number of hydrogen-bond acceptors (Lipinski definition) is 7. The van der Waals surface area contributed by atoms with Crippen molar-refractivity contribution in [3.63, 3.8) is 0 Å². The van der Waals surface area contributed by atoms with E-state index in [0.29, 0.717) is 19.4 Å². The normalized spacial score (nSPS) is 16.6. The second-order valence-electron chi connectivity index (χ2n) is 13.3. The number of benzene rings is 2. The Morgan fingerprint density at radius 1 is 1.02 bits per heavy atom. The van der Waals surface area contributed by atoms with E-state index in [1.165, 1.54) is 10.6 Å². The van der Waals surface area contributed by atoms with Gasteiger partial charge < -0.3 is 15.4 Å². The lowest BCUT2D eigenvalue weighted by Gasteiger charge is -2.35. The van der Waals surface area contributed by atoms with Gasteiger partial charge in [0, 0.05) is 23.7 Å². The molecule has 0 aliphatic carbocycles. The summed E-state index contributed by atoms with van der Waals surface area (Å²) in [7, 11) is 0. The monoisotopic (exact) mass is 731 g/mol. The quantitative estimate of drug-likeness (QED) is 0.168. The average Bonchev–Trinajstić information content (AvgIpc) is 3.07. The Balaban J connectivity index is 1.42. The zero-order valence-corrected chi connectivity index (χ0v) is 30.9. The number of hydrogen-bond donors (Lipinski definition) is 3. The highest BCUT2D eigenvalue weighted by Gasteiger charge is 2.37. The lowest BCUT2D eigenvalue weighted by molar-refractivity contribution is -0.152. The van der Waals surface area contributed by atoms with Crippen LogP contribution in [0, 0.1) is 5.92 Å². The molecule has 13 heteroatoms. The van der Waals surface area contributed by atoms with E-state index in [-0.39, 0.29) is 11.8 Å². The molecule has 1 aliphatic heterocycles. The predicted molar refractivity (Wildman–Crippen MR) is 193 cm³/mol. The van der Waals surface area contributed by atoms with E-state index < -0.39 is 51.7 Å². The maximum absolute atomic E-state index is 13.8. The van der Waals surface area contributed by atoms with Crippen LogP contribution in [-0.2, 0) is 35.8 Å². The van der Waals surface area contributed by atoms with E-state index in [1.807, 2.05) is 44.3 Å². The van der Waals surface area contributed by atoms with Crippen molar-refractivity contribution in [2.75, 3.05) is 13.2 Å². The lowest BCUT2D eigenvalue weighted by Crippen LogP contribution is -2.61. The number of halogens is 3. The fourth-order valence-corrected chi connectivity index (χ4v) is 5.75. The van der Waals surface area contributed by atoms with Crippen LogP contribution in [0.1, 0.15) is 65.5 Å². The number of nitrogens with one attached hydrogen (secondary N) is 3. The molecule has 3 N–H and O–H groups in total. The number of aryl methyl sites for hydroxylation is 1. The van der Waals surface area contributed by atoms with Crippen LogP contribution < -0.4 is 16.1 Å². The number of carbonyl (C=O) groups is 4. The second-order valence-corrected chi connectivity index (χ2v) is 15.8. The zero-order valence-electron chi connectivity index (χ0n) is 28.6. The van der Waals surface area contributed by atoms with Crippen LogP contribution in [0.15, 0.2) is 54.7 Å². The van der Waals surface area contributed by atoms with Gasteiger partial charge in [-0.15, -0.1) is 0 Å². The van der Waals surface area contributed by atoms with Crippen LogP contribution >= 0.6 is 34.8 Å². The molecule has 264 valence electrons. The summed E-state index contributed by atoms with van der Waals surface area (Å²) < 4.78 is 3.30. The summed E-state index contributed by atoms with van der Waals surface area (Å²) in [5, 5.41) is 9.09. The first-order chi connectivity index (χ1) is 23.0. The molecule has 0 unspecified atom stereocenters. The predicted octanol–water partition coefficient (Wildman–Crippen LogP) is 5.80. The number of carbonyl (C=O) groups excluding carboxylic acids is 4. The Morgan fingerprint density at radius 2 is 1.76 bits per heavy atom. The van der Waals surface area contributed by atoms with Gasteiger partial charge in [-0.2, -0.15) is 0 Å². The number of pyridine rings is 1. The topological polar surface area (TPSA) is 130 Å². The van der Waals surface area contributed by atoms with E-state index in [2.05, 4.69) is 52.2 Å². The summed E-state index contributed by atoms with van der Waals surface area (Å²) in [6, 6.07) is 13.4. The van der Waals surface area contributed by atoms with Crippen LogP contribution in [0.5, 0.6) is 0 Å². The van der Waals surface area contributed by atoms with Gasteiger partial charge in [-0.05, 0) is 74.6 Å². The van der Waals surface area contributed by atoms with Gasteiger partial charge in [0.25, 0.3) is 5.91 Å². The van der Waals surface area contributed by atoms with Gasteiger partial charge in [0.2, 0.25) is 15.6 Å². The van der Waals surface area contributed by atoms with Gasteiger partial charge in [0.1, 0.15) is 24.7 Å². The van der Waals surface area contributed by atoms with Crippen molar-refractivity contribution in [2.45, 2.75) is 88.1 Å². The number of rotatable bonds is 11. The van der Waals surface area contributed by atoms with Crippen molar-refractivity contribution in [3.8, 4) is 11.3 Å². The molecule has 0 bridgehead atoms. The van der Waals surface area contributed by atoms with Gasteiger partial charge in [-0.3, -0.25) is 29.2 Å². The summed E-state index contributed by atoms with van der Waals surface area (Å²) in [5.41, 5.74) is 5.52. The van der Waals surface area contributed by atoms with Gasteiger partial charge in [0.15, 0.2) is 0 Å². The molecular formula is C36H44Cl3N5O5. The van der Waals surface area contributed by atoms with Crippen molar-refractivity contribution in [2.24, 2.45) is 5.92 Å². The zero-order chi connectivity index (χ0) is 36.1. The Morgan fingerprint density at radius 3 is 2.43 bits per heavy atom. The van der Waals surface area contributed by atoms with Crippen LogP contribution in [0.2, 0.25) is 0 Å². The van der Waals surface area contributed by atoms with Crippen LogP contribution in [-0.4, -0.2) is 68.8 Å². The molecule has 3 atom stereocenters. The molecule has 4 rings (SSSR count). The van der Waals surface area contributed by atoms with Crippen LogP contribution in [0.25, 0.3) is 22.0 Å². The molecule has 0 spiro atoms. The molecule has 2 heterocycles. The number of fused-ring (bicyclic) bond motifs is 1. The van der Waals surface area contributed by atoms with Gasteiger partial charge in [-0.25, -0.2) is 5.43 Å². The maximum atomic E-state index is 13.8. The lowest BCUT2D eigenvalue weighted by atomic mass is 9.82. The fourth-order valence-electron chi connectivity index (χ4n) is 5.59. The molecule has 10 nitrogen and oxygen atoms in total. The van der Waals surface area contributed by atoms with Gasteiger partial charge in [0.05, 0.1) is 11.1 Å². The number of hydrazine groups is 1. The minimum Gasteiger partial charge on any atom is -0.460 e. The van der Waals surface area contributed by atoms with Gasteiger partial charge >= 0.3 is 5.97 Å². The van der Waals surface area contributed by atoms with Crippen molar-refractivity contribution >= 4 is 69.3 Å². The first-order valence-electron chi connectivity index (χ1n) is 16.4. The summed E-state index contributed by atoms with van der Waals surface area (Å²) in [4.78, 5) is 57.7. The van der Waals surface area contributed by atoms with Crippen molar-refractivity contribution < 1.29 is 23.9 Å². The summed E-state index contributed by atoms with van der Waals surface area (Å²) >= 11 is 17.0. The van der Waals surface area contributed by atoms with Crippen molar-refractivity contribution in [1.82, 2.24) is 26.1 Å². The third kappa shape index (κ3) is 9.84. The summed E-state index contributed by atoms with van der Waals surface area (Å²) in [5.74, 6) is -2.24. The standard InChI is InChI=1S/C36H44Cl3N5O5/c1-7-23-13-14-25-19-40-29(18-26(25)16-23)24-10-8-11-27(17-24)35(5,6)34(48)42-30(21(2)3)31(45)41-22(4)32(46)44-15-9-12-28(43-44)33(47)49-20-36(37,38)39/h8,10-11,13-14,16-19,21-22,28,30,43H,7,9,12,15,20H2,1-6H3,(H,41,45)(H,42,48)/t22-,28-,30-/m0/s1. The third-order valence-corrected chi connectivity index (χ3v) is 9.05. The molecule has 1 aliphatic rings. The molecule has 1 fully saturated rings.